The topological polar surface area (TPSA) is 29.3 Å². The molecular formula is C14H21BrN2. The molecule has 94 valence electrons. The fourth-order valence-corrected chi connectivity index (χ4v) is 3.39. The molecule has 1 aromatic rings. The first-order valence-electron chi connectivity index (χ1n) is 6.45. The van der Waals surface area contributed by atoms with Crippen LogP contribution < -0.4 is 10.6 Å². The van der Waals surface area contributed by atoms with Gasteiger partial charge in [-0.2, -0.15) is 0 Å². The van der Waals surface area contributed by atoms with Crippen LogP contribution in [0, 0.1) is 0 Å². The van der Waals surface area contributed by atoms with Crippen LogP contribution in [0.4, 0.5) is 5.69 Å². The summed E-state index contributed by atoms with van der Waals surface area (Å²) in [5, 5.41) is 0. The summed E-state index contributed by atoms with van der Waals surface area (Å²) < 4.78 is 1.13. The summed E-state index contributed by atoms with van der Waals surface area (Å²) in [6.07, 6.45) is 3.86. The zero-order valence-corrected chi connectivity index (χ0v) is 12.2. The molecule has 0 aromatic heterocycles. The van der Waals surface area contributed by atoms with Crippen LogP contribution in [-0.2, 0) is 0 Å². The lowest BCUT2D eigenvalue weighted by atomic mass is 10.1. The van der Waals surface area contributed by atoms with Crippen molar-refractivity contribution in [1.29, 1.82) is 0 Å². The van der Waals surface area contributed by atoms with Crippen LogP contribution in [0.25, 0.3) is 0 Å². The Morgan fingerprint density at radius 1 is 1.53 bits per heavy atom. The highest BCUT2D eigenvalue weighted by Crippen LogP contribution is 2.32. The smallest absolute Gasteiger partial charge is 0.0380 e. The Kier molecular flexibility index (Phi) is 4.10. The first-order chi connectivity index (χ1) is 8.13. The number of nitrogens with two attached hydrogens (primary N) is 1. The molecule has 2 N–H and O–H groups in total. The van der Waals surface area contributed by atoms with Gasteiger partial charge in [0.25, 0.3) is 0 Å². The second kappa shape index (κ2) is 5.40. The first kappa shape index (κ1) is 12.9. The molecule has 3 heteroatoms. The molecule has 1 aliphatic rings. The summed E-state index contributed by atoms with van der Waals surface area (Å²) >= 11 is 3.63. The lowest BCUT2D eigenvalue weighted by molar-refractivity contribution is 0.645. The lowest BCUT2D eigenvalue weighted by Gasteiger charge is -2.26. The molecule has 2 nitrogen and oxygen atoms in total. The van der Waals surface area contributed by atoms with Crippen LogP contribution in [0.15, 0.2) is 22.7 Å². The standard InChI is InChI=1S/C14H21BrN2/c1-3-11-5-4-8-17(11)12-6-7-13(10(2)16)14(15)9-12/h6-7,9-11H,3-5,8,16H2,1-2H3/t10-,11?/m1/s1. The van der Waals surface area contributed by atoms with Gasteiger partial charge in [0.15, 0.2) is 0 Å². The molecular weight excluding hydrogens is 276 g/mol. The summed E-state index contributed by atoms with van der Waals surface area (Å²) in [5.41, 5.74) is 8.43. The van der Waals surface area contributed by atoms with Crippen LogP contribution in [0.1, 0.15) is 44.7 Å². The second-order valence-corrected chi connectivity index (χ2v) is 5.75. The summed E-state index contributed by atoms with van der Waals surface area (Å²) in [6, 6.07) is 7.36. The fourth-order valence-electron chi connectivity index (χ4n) is 2.66. The van der Waals surface area contributed by atoms with Gasteiger partial charge in [-0.05, 0) is 43.9 Å². The Hall–Kier alpha value is -0.540. The van der Waals surface area contributed by atoms with Gasteiger partial charge in [-0.25, -0.2) is 0 Å². The third kappa shape index (κ3) is 2.66. The normalized spacial score (nSPS) is 21.9. The van der Waals surface area contributed by atoms with Gasteiger partial charge in [0, 0.05) is 28.8 Å². The minimum atomic E-state index is 0.0824. The van der Waals surface area contributed by atoms with Crippen molar-refractivity contribution in [1.82, 2.24) is 0 Å². The summed E-state index contributed by atoms with van der Waals surface area (Å²) in [5.74, 6) is 0. The van der Waals surface area contributed by atoms with E-state index in [1.165, 1.54) is 37.1 Å². The van der Waals surface area contributed by atoms with E-state index in [2.05, 4.69) is 46.0 Å². The van der Waals surface area contributed by atoms with E-state index in [4.69, 9.17) is 5.73 Å². The minimum absolute atomic E-state index is 0.0824. The molecule has 0 saturated carbocycles. The Balaban J connectivity index is 2.25. The summed E-state index contributed by atoms with van der Waals surface area (Å²) in [4.78, 5) is 2.52. The van der Waals surface area contributed by atoms with Gasteiger partial charge in [0.1, 0.15) is 0 Å². The molecule has 1 saturated heterocycles. The highest BCUT2D eigenvalue weighted by Gasteiger charge is 2.23. The van der Waals surface area contributed by atoms with Crippen LogP contribution in [-0.4, -0.2) is 12.6 Å². The van der Waals surface area contributed by atoms with Crippen LogP contribution in [0.5, 0.6) is 0 Å². The monoisotopic (exact) mass is 296 g/mol. The number of benzene rings is 1. The average Bonchev–Trinajstić information content (AvgIpc) is 2.76. The van der Waals surface area contributed by atoms with Crippen molar-refractivity contribution in [2.24, 2.45) is 5.73 Å². The van der Waals surface area contributed by atoms with Gasteiger partial charge in [-0.15, -0.1) is 0 Å². The van der Waals surface area contributed by atoms with Gasteiger partial charge in [-0.1, -0.05) is 28.9 Å². The van der Waals surface area contributed by atoms with Crippen molar-refractivity contribution in [3.8, 4) is 0 Å². The van der Waals surface area contributed by atoms with Crippen molar-refractivity contribution < 1.29 is 0 Å². The summed E-state index contributed by atoms with van der Waals surface area (Å²) in [7, 11) is 0. The van der Waals surface area contributed by atoms with E-state index in [1.807, 2.05) is 6.92 Å². The number of nitrogens with zero attached hydrogens (tertiary/aromatic N) is 1. The van der Waals surface area contributed by atoms with E-state index < -0.39 is 0 Å². The van der Waals surface area contributed by atoms with Gasteiger partial charge in [0.2, 0.25) is 0 Å². The number of hydrogen-bond acceptors (Lipinski definition) is 2. The van der Waals surface area contributed by atoms with Crippen molar-refractivity contribution in [3.63, 3.8) is 0 Å². The molecule has 1 aromatic carbocycles. The lowest BCUT2D eigenvalue weighted by Crippen LogP contribution is -2.28. The van der Waals surface area contributed by atoms with Crippen LogP contribution in [0.3, 0.4) is 0 Å². The molecule has 0 spiro atoms. The number of anilines is 1. The van der Waals surface area contributed by atoms with Crippen LogP contribution >= 0.6 is 15.9 Å². The molecule has 1 heterocycles. The maximum Gasteiger partial charge on any atom is 0.0380 e. The van der Waals surface area contributed by atoms with E-state index in [-0.39, 0.29) is 6.04 Å². The SMILES string of the molecule is CCC1CCCN1c1ccc([C@@H](C)N)c(Br)c1. The van der Waals surface area contributed by atoms with Crippen molar-refractivity contribution in [2.45, 2.75) is 45.2 Å². The molecule has 0 aliphatic carbocycles. The largest absolute Gasteiger partial charge is 0.369 e. The van der Waals surface area contributed by atoms with E-state index in [0.29, 0.717) is 6.04 Å². The predicted molar refractivity (Wildman–Crippen MR) is 77.4 cm³/mol. The Morgan fingerprint density at radius 3 is 2.88 bits per heavy atom. The second-order valence-electron chi connectivity index (χ2n) is 4.89. The molecule has 2 rings (SSSR count). The number of halogens is 1. The molecule has 2 atom stereocenters. The predicted octanol–water partition coefficient (Wildman–Crippen LogP) is 3.85. The van der Waals surface area contributed by atoms with Gasteiger partial charge in [-0.3, -0.25) is 0 Å². The van der Waals surface area contributed by atoms with E-state index in [1.54, 1.807) is 0 Å². The first-order valence-corrected chi connectivity index (χ1v) is 7.24. The highest BCUT2D eigenvalue weighted by molar-refractivity contribution is 9.10. The van der Waals surface area contributed by atoms with Gasteiger partial charge >= 0.3 is 0 Å². The molecule has 0 bridgehead atoms. The Bertz CT molecular complexity index is 390. The molecule has 17 heavy (non-hydrogen) atoms. The van der Waals surface area contributed by atoms with Crippen molar-refractivity contribution >= 4 is 21.6 Å². The van der Waals surface area contributed by atoms with Crippen LogP contribution in [0.2, 0.25) is 0 Å². The van der Waals surface area contributed by atoms with Gasteiger partial charge < -0.3 is 10.6 Å². The zero-order chi connectivity index (χ0) is 12.4. The van der Waals surface area contributed by atoms with E-state index in [9.17, 15) is 0 Å². The van der Waals surface area contributed by atoms with Crippen molar-refractivity contribution in [3.05, 3.63) is 28.2 Å². The number of hydrogen-bond donors (Lipinski definition) is 1. The Morgan fingerprint density at radius 2 is 2.29 bits per heavy atom. The molecule has 1 fully saturated rings. The molecule has 0 amide bonds. The summed E-state index contributed by atoms with van der Waals surface area (Å²) in [6.45, 7) is 5.47. The zero-order valence-electron chi connectivity index (χ0n) is 10.6. The highest BCUT2D eigenvalue weighted by atomic mass is 79.9. The maximum absolute atomic E-state index is 5.93. The van der Waals surface area contributed by atoms with Gasteiger partial charge in [0.05, 0.1) is 0 Å². The Labute approximate surface area is 112 Å². The average molecular weight is 297 g/mol. The minimum Gasteiger partial charge on any atom is -0.369 e. The third-order valence-electron chi connectivity index (χ3n) is 3.65. The third-order valence-corrected chi connectivity index (χ3v) is 4.34. The van der Waals surface area contributed by atoms with E-state index >= 15 is 0 Å². The molecule has 1 aliphatic heterocycles. The fraction of sp³-hybridized carbons (Fsp3) is 0.571. The molecule has 0 radical (unpaired) electrons. The quantitative estimate of drug-likeness (QED) is 0.918. The molecule has 1 unspecified atom stereocenters. The van der Waals surface area contributed by atoms with E-state index in [0.717, 1.165) is 4.47 Å². The maximum atomic E-state index is 5.93. The number of rotatable bonds is 3. The van der Waals surface area contributed by atoms with Crippen molar-refractivity contribution in [2.75, 3.05) is 11.4 Å².